The molecule has 0 spiro atoms. The summed E-state index contributed by atoms with van der Waals surface area (Å²) < 4.78 is 0. The van der Waals surface area contributed by atoms with Crippen LogP contribution >= 0.6 is 0 Å². The van der Waals surface area contributed by atoms with E-state index >= 15 is 0 Å². The van der Waals surface area contributed by atoms with E-state index in [9.17, 15) is 10.1 Å². The fourth-order valence-electron chi connectivity index (χ4n) is 3.12. The van der Waals surface area contributed by atoms with Crippen LogP contribution < -0.4 is 5.32 Å². The van der Waals surface area contributed by atoms with Crippen LogP contribution in [0, 0.1) is 10.1 Å². The van der Waals surface area contributed by atoms with E-state index in [1.165, 1.54) is 44.2 Å². The molecule has 134 valence electrons. The molecule has 0 aliphatic heterocycles. The zero-order valence-electron chi connectivity index (χ0n) is 14.7. The minimum absolute atomic E-state index is 0.0951. The van der Waals surface area contributed by atoms with Crippen molar-refractivity contribution in [1.29, 1.82) is 0 Å². The second-order valence-corrected chi connectivity index (χ2v) is 6.51. The highest BCUT2D eigenvalue weighted by atomic mass is 16.6. The van der Waals surface area contributed by atoms with Crippen molar-refractivity contribution in [2.45, 2.75) is 38.1 Å². The second kappa shape index (κ2) is 8.94. The molecule has 0 amide bonds. The van der Waals surface area contributed by atoms with Crippen LogP contribution in [0.1, 0.15) is 37.7 Å². The Balaban J connectivity index is 1.52. The molecule has 0 heterocycles. The third-order valence-electron chi connectivity index (χ3n) is 4.55. The molecule has 0 aromatic heterocycles. The van der Waals surface area contributed by atoms with Crippen LogP contribution in [0.5, 0.6) is 0 Å². The van der Waals surface area contributed by atoms with Gasteiger partial charge in [-0.25, -0.2) is 0 Å². The van der Waals surface area contributed by atoms with Gasteiger partial charge in [-0.05, 0) is 60.9 Å². The number of benzene rings is 2. The summed E-state index contributed by atoms with van der Waals surface area (Å²) in [6.07, 6.45) is 11.9. The van der Waals surface area contributed by atoms with Crippen LogP contribution in [-0.2, 0) is 0 Å². The molecule has 0 unspecified atom stereocenters. The zero-order chi connectivity index (χ0) is 18.2. The van der Waals surface area contributed by atoms with E-state index in [2.05, 4.69) is 22.4 Å². The van der Waals surface area contributed by atoms with Crippen LogP contribution in [-0.4, -0.2) is 17.2 Å². The number of hydrogen-bond acceptors (Lipinski definition) is 4. The average molecular weight is 349 g/mol. The number of nitrogens with one attached hydrogen (secondary N) is 1. The fraction of sp³-hybridized carbons (Fsp3) is 0.286. The first-order chi connectivity index (χ1) is 12.7. The summed E-state index contributed by atoms with van der Waals surface area (Å²) >= 11 is 0. The van der Waals surface area contributed by atoms with E-state index < -0.39 is 4.92 Å². The van der Waals surface area contributed by atoms with Crippen molar-refractivity contribution in [3.8, 4) is 0 Å². The van der Waals surface area contributed by atoms with Crippen molar-refractivity contribution in [2.24, 2.45) is 4.99 Å². The maximum Gasteiger partial charge on any atom is 0.269 e. The number of allylic oxidation sites excluding steroid dienone is 1. The molecule has 5 nitrogen and oxygen atoms in total. The third-order valence-corrected chi connectivity index (χ3v) is 4.55. The SMILES string of the molecule is O=[N+]([O-])c1ccc(C=CC=Nc2ccc(NC3CCCCC3)cc2)cc1. The van der Waals surface area contributed by atoms with E-state index in [0.717, 1.165) is 16.9 Å². The van der Waals surface area contributed by atoms with E-state index in [1.54, 1.807) is 18.3 Å². The van der Waals surface area contributed by atoms with Crippen LogP contribution in [0.3, 0.4) is 0 Å². The van der Waals surface area contributed by atoms with Crippen LogP contribution in [0.2, 0.25) is 0 Å². The highest BCUT2D eigenvalue weighted by Crippen LogP contribution is 2.23. The van der Waals surface area contributed by atoms with Gasteiger partial charge in [0.05, 0.1) is 10.6 Å². The van der Waals surface area contributed by atoms with Gasteiger partial charge >= 0.3 is 0 Å². The van der Waals surface area contributed by atoms with Gasteiger partial charge in [-0.2, -0.15) is 0 Å². The predicted molar refractivity (Wildman–Crippen MR) is 107 cm³/mol. The molecule has 0 saturated heterocycles. The summed E-state index contributed by atoms with van der Waals surface area (Å²) in [5.74, 6) is 0. The first-order valence-corrected chi connectivity index (χ1v) is 9.02. The Bertz CT molecular complexity index is 774. The minimum Gasteiger partial charge on any atom is -0.382 e. The smallest absolute Gasteiger partial charge is 0.269 e. The summed E-state index contributed by atoms with van der Waals surface area (Å²) in [5.41, 5.74) is 3.04. The predicted octanol–water partition coefficient (Wildman–Crippen LogP) is 5.76. The highest BCUT2D eigenvalue weighted by Gasteiger charge is 2.12. The number of non-ortho nitro benzene ring substituents is 1. The van der Waals surface area contributed by atoms with Crippen LogP contribution in [0.4, 0.5) is 17.1 Å². The molecule has 3 rings (SSSR count). The lowest BCUT2D eigenvalue weighted by atomic mass is 9.95. The molecule has 26 heavy (non-hydrogen) atoms. The Labute approximate surface area is 153 Å². The Morgan fingerprint density at radius 3 is 2.35 bits per heavy atom. The van der Waals surface area contributed by atoms with Crippen molar-refractivity contribution in [3.63, 3.8) is 0 Å². The van der Waals surface area contributed by atoms with Gasteiger partial charge in [0.25, 0.3) is 5.69 Å². The minimum atomic E-state index is -0.401. The number of rotatable bonds is 6. The molecule has 1 fully saturated rings. The number of hydrogen-bond donors (Lipinski definition) is 1. The lowest BCUT2D eigenvalue weighted by Gasteiger charge is -2.23. The molecule has 1 saturated carbocycles. The summed E-state index contributed by atoms with van der Waals surface area (Å²) in [5, 5.41) is 14.2. The Morgan fingerprint density at radius 1 is 1.00 bits per heavy atom. The summed E-state index contributed by atoms with van der Waals surface area (Å²) in [7, 11) is 0. The molecule has 0 atom stereocenters. The first kappa shape index (κ1) is 17.9. The number of anilines is 1. The molecular weight excluding hydrogens is 326 g/mol. The van der Waals surface area contributed by atoms with Gasteiger partial charge < -0.3 is 5.32 Å². The first-order valence-electron chi connectivity index (χ1n) is 9.02. The van der Waals surface area contributed by atoms with Crippen LogP contribution in [0.25, 0.3) is 6.08 Å². The summed E-state index contributed by atoms with van der Waals surface area (Å²) in [4.78, 5) is 14.6. The Hall–Kier alpha value is -2.95. The highest BCUT2D eigenvalue weighted by molar-refractivity contribution is 5.80. The van der Waals surface area contributed by atoms with Gasteiger partial charge in [0, 0.05) is 30.1 Å². The lowest BCUT2D eigenvalue weighted by Crippen LogP contribution is -2.21. The maximum atomic E-state index is 10.6. The second-order valence-electron chi connectivity index (χ2n) is 6.51. The average Bonchev–Trinajstić information content (AvgIpc) is 2.68. The Kier molecular flexibility index (Phi) is 6.14. The largest absolute Gasteiger partial charge is 0.382 e. The topological polar surface area (TPSA) is 67.5 Å². The monoisotopic (exact) mass is 349 g/mol. The number of nitrogens with zero attached hydrogens (tertiary/aromatic N) is 2. The van der Waals surface area contributed by atoms with E-state index in [0.29, 0.717) is 6.04 Å². The molecule has 1 aliphatic rings. The molecular formula is C21H23N3O2. The van der Waals surface area contributed by atoms with Crippen LogP contribution in [0.15, 0.2) is 59.6 Å². The molecule has 0 bridgehead atoms. The molecule has 1 aliphatic carbocycles. The van der Waals surface area contributed by atoms with Crippen molar-refractivity contribution in [3.05, 3.63) is 70.3 Å². The maximum absolute atomic E-state index is 10.6. The lowest BCUT2D eigenvalue weighted by molar-refractivity contribution is -0.384. The number of nitro benzene ring substituents is 1. The normalized spacial score (nSPS) is 15.5. The molecule has 2 aromatic rings. The molecule has 5 heteroatoms. The van der Waals surface area contributed by atoms with E-state index in [4.69, 9.17) is 0 Å². The van der Waals surface area contributed by atoms with Gasteiger partial charge in [0.15, 0.2) is 0 Å². The number of nitro groups is 1. The summed E-state index contributed by atoms with van der Waals surface area (Å²) in [6, 6.07) is 15.2. The number of aliphatic imine (C=N–C) groups is 1. The van der Waals surface area contributed by atoms with Gasteiger partial charge in [-0.15, -0.1) is 0 Å². The third kappa shape index (κ3) is 5.28. The summed E-state index contributed by atoms with van der Waals surface area (Å²) in [6.45, 7) is 0. The molecule has 2 aromatic carbocycles. The van der Waals surface area contributed by atoms with Crippen molar-refractivity contribution in [2.75, 3.05) is 5.32 Å². The van der Waals surface area contributed by atoms with Gasteiger partial charge in [-0.1, -0.05) is 25.3 Å². The van der Waals surface area contributed by atoms with E-state index in [-0.39, 0.29) is 5.69 Å². The fourth-order valence-corrected chi connectivity index (χ4v) is 3.12. The molecule has 1 N–H and O–H groups in total. The van der Waals surface area contributed by atoms with Crippen molar-refractivity contribution in [1.82, 2.24) is 0 Å². The Morgan fingerprint density at radius 2 is 1.69 bits per heavy atom. The van der Waals surface area contributed by atoms with Gasteiger partial charge in [-0.3, -0.25) is 15.1 Å². The van der Waals surface area contributed by atoms with Gasteiger partial charge in [0.2, 0.25) is 0 Å². The zero-order valence-corrected chi connectivity index (χ0v) is 14.7. The van der Waals surface area contributed by atoms with Gasteiger partial charge in [0.1, 0.15) is 0 Å². The van der Waals surface area contributed by atoms with Crippen molar-refractivity contribution < 1.29 is 4.92 Å². The standard InChI is InChI=1S/C21H23N3O2/c25-24(26)21-14-8-17(9-15-21)5-4-16-22-18-10-12-20(13-11-18)23-19-6-2-1-3-7-19/h4-5,8-16,19,23H,1-3,6-7H2. The van der Waals surface area contributed by atoms with E-state index in [1.807, 2.05) is 24.3 Å². The van der Waals surface area contributed by atoms with Crippen molar-refractivity contribution >= 4 is 29.4 Å². The quantitative estimate of drug-likeness (QED) is 0.410. The molecule has 0 radical (unpaired) electrons.